The second kappa shape index (κ2) is 9.30. The standard InChI is InChI=1S/C19H27BrFNO5S/c1-18(2,3)28(24)22-16(12-10-14(21)13(20)11-15(12)25-4)19(17(23)26-5)6-8-27-9-7-19/h10-11,16,22H,6-9H2,1-5H3/t16-,28-/m0/s1. The van der Waals surface area contributed by atoms with Crippen LogP contribution in [0.1, 0.15) is 45.2 Å². The third-order valence-electron chi connectivity index (χ3n) is 4.89. The van der Waals surface area contributed by atoms with E-state index in [1.165, 1.54) is 26.4 Å². The zero-order valence-electron chi connectivity index (χ0n) is 16.8. The Hall–Kier alpha value is -0.870. The number of halogens is 2. The van der Waals surface area contributed by atoms with Crippen LogP contribution in [0.3, 0.4) is 0 Å². The molecule has 1 aliphatic heterocycles. The molecule has 1 aromatic carbocycles. The molecule has 158 valence electrons. The number of nitrogens with one attached hydrogen (secondary N) is 1. The summed E-state index contributed by atoms with van der Waals surface area (Å²) in [6, 6.07) is 2.02. The number of ether oxygens (including phenoxy) is 3. The Morgan fingerprint density at radius 3 is 2.46 bits per heavy atom. The average molecular weight is 480 g/mol. The van der Waals surface area contributed by atoms with Crippen LogP contribution in [0.15, 0.2) is 16.6 Å². The van der Waals surface area contributed by atoms with E-state index in [-0.39, 0.29) is 4.47 Å². The highest BCUT2D eigenvalue weighted by molar-refractivity contribution is 9.10. The second-order valence-electron chi connectivity index (χ2n) is 7.70. The van der Waals surface area contributed by atoms with Crippen molar-refractivity contribution in [2.75, 3.05) is 27.4 Å². The summed E-state index contributed by atoms with van der Waals surface area (Å²) in [7, 11) is 2.78. The lowest BCUT2D eigenvalue weighted by atomic mass is 9.71. The molecule has 0 radical (unpaired) electrons. The molecule has 1 saturated heterocycles. The Kier molecular flexibility index (Phi) is 7.77. The highest BCUT2D eigenvalue weighted by Gasteiger charge is 2.52. The topological polar surface area (TPSA) is 79.9 Å². The van der Waals surface area contributed by atoms with E-state index in [1.807, 2.05) is 20.8 Å². The zero-order valence-corrected chi connectivity index (χ0v) is 19.2. The summed E-state index contributed by atoms with van der Waals surface area (Å²) in [4.78, 5) is 12.9. The molecule has 28 heavy (non-hydrogen) atoms. The van der Waals surface area contributed by atoms with Gasteiger partial charge in [0.15, 0.2) is 0 Å². The summed E-state index contributed by atoms with van der Waals surface area (Å²) in [6.45, 7) is 6.15. The number of carbonyl (C=O) groups excluding carboxylic acids is 1. The van der Waals surface area contributed by atoms with Crippen LogP contribution in [-0.2, 0) is 25.6 Å². The zero-order chi connectivity index (χ0) is 21.1. The van der Waals surface area contributed by atoms with Crippen LogP contribution in [0.4, 0.5) is 4.39 Å². The third kappa shape index (κ3) is 4.81. The van der Waals surface area contributed by atoms with Crippen LogP contribution < -0.4 is 9.46 Å². The highest BCUT2D eigenvalue weighted by Crippen LogP contribution is 2.47. The van der Waals surface area contributed by atoms with Gasteiger partial charge in [-0.2, -0.15) is 0 Å². The van der Waals surface area contributed by atoms with Gasteiger partial charge in [0.25, 0.3) is 0 Å². The highest BCUT2D eigenvalue weighted by atomic mass is 79.9. The van der Waals surface area contributed by atoms with E-state index in [0.29, 0.717) is 37.4 Å². The van der Waals surface area contributed by atoms with E-state index < -0.39 is 39.4 Å². The molecule has 1 aromatic rings. The van der Waals surface area contributed by atoms with Gasteiger partial charge in [0.2, 0.25) is 0 Å². The predicted molar refractivity (Wildman–Crippen MR) is 109 cm³/mol. The van der Waals surface area contributed by atoms with Crippen LogP contribution >= 0.6 is 15.9 Å². The lowest BCUT2D eigenvalue weighted by Gasteiger charge is -2.42. The Bertz CT molecular complexity index is 706. The molecule has 1 N–H and O–H groups in total. The Labute approximate surface area is 176 Å². The number of benzene rings is 1. The van der Waals surface area contributed by atoms with Gasteiger partial charge in [-0.05, 0) is 61.7 Å². The van der Waals surface area contributed by atoms with E-state index in [1.54, 1.807) is 0 Å². The molecule has 2 rings (SSSR count). The smallest absolute Gasteiger partial charge is 0.314 e. The lowest BCUT2D eigenvalue weighted by molar-refractivity contribution is -0.161. The van der Waals surface area contributed by atoms with E-state index in [2.05, 4.69) is 20.7 Å². The van der Waals surface area contributed by atoms with Crippen molar-refractivity contribution in [3.63, 3.8) is 0 Å². The summed E-state index contributed by atoms with van der Waals surface area (Å²) < 4.78 is 46.2. The van der Waals surface area contributed by atoms with Gasteiger partial charge in [-0.15, -0.1) is 4.72 Å². The third-order valence-corrected chi connectivity index (χ3v) is 7.06. The molecule has 0 aromatic heterocycles. The second-order valence-corrected chi connectivity index (χ2v) is 10.6. The maximum absolute atomic E-state index is 14.5. The van der Waals surface area contributed by atoms with Gasteiger partial charge in [-0.25, -0.2) is 4.39 Å². The molecular weight excluding hydrogens is 453 g/mol. The molecule has 0 saturated carbocycles. The minimum Gasteiger partial charge on any atom is -0.598 e. The molecule has 1 aliphatic rings. The number of rotatable bonds is 6. The molecule has 2 atom stereocenters. The molecule has 0 bridgehead atoms. The molecule has 0 aliphatic carbocycles. The maximum atomic E-state index is 14.5. The van der Waals surface area contributed by atoms with Gasteiger partial charge in [-0.3, -0.25) is 4.79 Å². The number of hydrogen-bond donors (Lipinski definition) is 1. The van der Waals surface area contributed by atoms with Crippen molar-refractivity contribution in [3.05, 3.63) is 28.0 Å². The molecular formula is C19H27BrFNO5S. The van der Waals surface area contributed by atoms with Gasteiger partial charge < -0.3 is 18.8 Å². The fourth-order valence-electron chi connectivity index (χ4n) is 3.25. The number of hydrogen-bond acceptors (Lipinski definition) is 6. The van der Waals surface area contributed by atoms with Crippen molar-refractivity contribution >= 4 is 33.3 Å². The molecule has 6 nitrogen and oxygen atoms in total. The van der Waals surface area contributed by atoms with E-state index >= 15 is 0 Å². The first kappa shape index (κ1) is 23.4. The summed E-state index contributed by atoms with van der Waals surface area (Å²) >= 11 is 1.63. The summed E-state index contributed by atoms with van der Waals surface area (Å²) in [5.41, 5.74) is -0.658. The Morgan fingerprint density at radius 1 is 1.36 bits per heavy atom. The van der Waals surface area contributed by atoms with E-state index in [0.717, 1.165) is 0 Å². The van der Waals surface area contributed by atoms with Gasteiger partial charge in [0, 0.05) is 30.1 Å². The summed E-state index contributed by atoms with van der Waals surface area (Å²) in [5.74, 6) is -0.577. The SMILES string of the molecule is COC(=O)C1([C@@H](N[S@@+]([O-])C(C)(C)C)c2cc(F)c(Br)cc2OC)CCOCC1. The van der Waals surface area contributed by atoms with Gasteiger partial charge in [0.1, 0.15) is 16.3 Å². The van der Waals surface area contributed by atoms with Gasteiger partial charge in [0.05, 0.1) is 30.1 Å². The quantitative estimate of drug-likeness (QED) is 0.495. The van der Waals surface area contributed by atoms with Crippen molar-refractivity contribution in [1.29, 1.82) is 0 Å². The monoisotopic (exact) mass is 479 g/mol. The largest absolute Gasteiger partial charge is 0.598 e. The summed E-state index contributed by atoms with van der Waals surface area (Å²) in [5, 5.41) is 0. The van der Waals surface area contributed by atoms with Crippen LogP contribution in [0, 0.1) is 11.2 Å². The van der Waals surface area contributed by atoms with Crippen LogP contribution in [-0.4, -0.2) is 42.7 Å². The molecule has 0 unspecified atom stereocenters. The van der Waals surface area contributed by atoms with Crippen molar-refractivity contribution in [3.8, 4) is 5.75 Å². The molecule has 0 amide bonds. The summed E-state index contributed by atoms with van der Waals surface area (Å²) in [6.07, 6.45) is 0.693. The van der Waals surface area contributed by atoms with Crippen molar-refractivity contribution in [2.24, 2.45) is 5.41 Å². The minimum atomic E-state index is -1.52. The fourth-order valence-corrected chi connectivity index (χ4v) is 4.50. The minimum absolute atomic E-state index is 0.239. The van der Waals surface area contributed by atoms with Crippen LogP contribution in [0.25, 0.3) is 0 Å². The molecule has 9 heteroatoms. The maximum Gasteiger partial charge on any atom is 0.314 e. The van der Waals surface area contributed by atoms with Crippen LogP contribution in [0.2, 0.25) is 0 Å². The first-order chi connectivity index (χ1) is 13.1. The van der Waals surface area contributed by atoms with Gasteiger partial charge >= 0.3 is 5.97 Å². The van der Waals surface area contributed by atoms with Gasteiger partial charge in [-0.1, -0.05) is 0 Å². The molecule has 1 fully saturated rings. The van der Waals surface area contributed by atoms with E-state index in [4.69, 9.17) is 14.2 Å². The fraction of sp³-hybridized carbons (Fsp3) is 0.632. The number of esters is 1. The number of carbonyl (C=O) groups is 1. The predicted octanol–water partition coefficient (Wildman–Crippen LogP) is 3.66. The van der Waals surface area contributed by atoms with Crippen molar-refractivity contribution < 1.29 is 27.9 Å². The lowest BCUT2D eigenvalue weighted by Crippen LogP contribution is -2.52. The number of methoxy groups -OCH3 is 2. The van der Waals surface area contributed by atoms with Crippen LogP contribution in [0.5, 0.6) is 5.75 Å². The van der Waals surface area contributed by atoms with Crippen molar-refractivity contribution in [1.82, 2.24) is 4.72 Å². The van der Waals surface area contributed by atoms with E-state index in [9.17, 15) is 13.7 Å². The Morgan fingerprint density at radius 2 is 1.96 bits per heavy atom. The first-order valence-corrected chi connectivity index (χ1v) is 10.9. The average Bonchev–Trinajstić information content (AvgIpc) is 2.66. The molecule has 1 heterocycles. The first-order valence-electron chi connectivity index (χ1n) is 8.94. The van der Waals surface area contributed by atoms with Crippen molar-refractivity contribution in [2.45, 2.75) is 44.4 Å². The normalized spacial score (nSPS) is 19.0. The molecule has 0 spiro atoms. The Balaban J connectivity index is 2.66.